The predicted molar refractivity (Wildman–Crippen MR) is 115 cm³/mol. The van der Waals surface area contributed by atoms with Crippen LogP contribution in [-0.4, -0.2) is 12.9 Å². The number of unbranched alkanes of at least 4 members (excludes halogenated alkanes) is 1. The fraction of sp³-hybridized carbons (Fsp3) is 0.520. The van der Waals surface area contributed by atoms with Crippen LogP contribution in [0.25, 0.3) is 0 Å². The van der Waals surface area contributed by atoms with Gasteiger partial charge in [-0.25, -0.2) is 0 Å². The molecule has 0 N–H and O–H groups in total. The lowest BCUT2D eigenvalue weighted by Crippen LogP contribution is -2.17. The first-order valence-electron chi connectivity index (χ1n) is 10.5. The summed E-state index contributed by atoms with van der Waals surface area (Å²) in [4.78, 5) is 0. The highest BCUT2D eigenvalue weighted by Gasteiger charge is 2.06. The molecule has 0 aromatic heterocycles. The summed E-state index contributed by atoms with van der Waals surface area (Å²) in [7, 11) is 0. The van der Waals surface area contributed by atoms with Gasteiger partial charge < -0.3 is 9.47 Å². The van der Waals surface area contributed by atoms with Gasteiger partial charge in [-0.1, -0.05) is 64.1 Å². The van der Waals surface area contributed by atoms with E-state index in [1.165, 1.54) is 16.7 Å². The molecule has 0 saturated carbocycles. The molecule has 0 amide bonds. The molecule has 2 aromatic carbocycles. The third-order valence-corrected chi connectivity index (χ3v) is 5.22. The second-order valence-electron chi connectivity index (χ2n) is 7.79. The Morgan fingerprint density at radius 1 is 0.778 bits per heavy atom. The van der Waals surface area contributed by atoms with Crippen LogP contribution in [0, 0.1) is 0 Å². The zero-order valence-electron chi connectivity index (χ0n) is 17.7. The van der Waals surface area contributed by atoms with Crippen molar-refractivity contribution in [1.29, 1.82) is 0 Å². The topological polar surface area (TPSA) is 18.5 Å². The van der Waals surface area contributed by atoms with Gasteiger partial charge in [0.05, 0.1) is 6.61 Å². The summed E-state index contributed by atoms with van der Waals surface area (Å²) in [6, 6.07) is 17.4. The summed E-state index contributed by atoms with van der Waals surface area (Å²) in [6.45, 7) is 11.6. The smallest absolute Gasteiger partial charge is 0.196 e. The van der Waals surface area contributed by atoms with Crippen LogP contribution in [0.3, 0.4) is 0 Å². The number of aryl methyl sites for hydroxylation is 1. The lowest BCUT2D eigenvalue weighted by atomic mass is 9.99. The van der Waals surface area contributed by atoms with Crippen LogP contribution in [0.1, 0.15) is 82.4 Å². The van der Waals surface area contributed by atoms with Gasteiger partial charge in [0, 0.05) is 0 Å². The van der Waals surface area contributed by atoms with Crippen LogP contribution in [0.15, 0.2) is 48.5 Å². The van der Waals surface area contributed by atoms with Crippen LogP contribution in [0.4, 0.5) is 0 Å². The minimum absolute atomic E-state index is 0.218. The summed E-state index contributed by atoms with van der Waals surface area (Å²) in [6.07, 6.45) is 4.23. The molecule has 2 aromatic rings. The molecule has 0 radical (unpaired) electrons. The van der Waals surface area contributed by atoms with Crippen LogP contribution in [0.5, 0.6) is 5.75 Å². The van der Waals surface area contributed by atoms with Gasteiger partial charge in [-0.2, -0.15) is 0 Å². The Labute approximate surface area is 165 Å². The van der Waals surface area contributed by atoms with Crippen LogP contribution < -0.4 is 4.74 Å². The fourth-order valence-corrected chi connectivity index (χ4v) is 3.09. The molecule has 2 atom stereocenters. The Balaban J connectivity index is 1.63. The van der Waals surface area contributed by atoms with Crippen molar-refractivity contribution in [3.63, 3.8) is 0 Å². The van der Waals surface area contributed by atoms with E-state index in [9.17, 15) is 0 Å². The molecule has 2 heteroatoms. The number of hydrogen-bond acceptors (Lipinski definition) is 2. The lowest BCUT2D eigenvalue weighted by Gasteiger charge is -2.16. The molecule has 0 heterocycles. The quantitative estimate of drug-likeness (QED) is 0.311. The van der Waals surface area contributed by atoms with Crippen LogP contribution >= 0.6 is 0 Å². The predicted octanol–water partition coefficient (Wildman–Crippen LogP) is 7.09. The summed E-state index contributed by atoms with van der Waals surface area (Å²) < 4.78 is 11.7. The first kappa shape index (κ1) is 21.5. The van der Waals surface area contributed by atoms with Crippen molar-refractivity contribution < 1.29 is 9.47 Å². The molecule has 0 aliphatic heterocycles. The van der Waals surface area contributed by atoms with E-state index in [-0.39, 0.29) is 6.29 Å². The molecular weight excluding hydrogens is 332 g/mol. The van der Waals surface area contributed by atoms with E-state index in [0.29, 0.717) is 11.8 Å². The first-order valence-corrected chi connectivity index (χ1v) is 10.5. The molecule has 0 saturated heterocycles. The average molecular weight is 369 g/mol. The minimum Gasteiger partial charge on any atom is -0.465 e. The Kier molecular flexibility index (Phi) is 8.87. The van der Waals surface area contributed by atoms with Gasteiger partial charge >= 0.3 is 0 Å². The van der Waals surface area contributed by atoms with Gasteiger partial charge in [0.25, 0.3) is 0 Å². The summed E-state index contributed by atoms with van der Waals surface area (Å²) in [5, 5.41) is 0. The van der Waals surface area contributed by atoms with Crippen molar-refractivity contribution in [3.8, 4) is 5.75 Å². The molecule has 0 aliphatic rings. The Morgan fingerprint density at radius 3 is 2.00 bits per heavy atom. The highest BCUT2D eigenvalue weighted by Crippen LogP contribution is 2.22. The standard InChI is InChI=1S/C25H36O2/c1-6-20(4)24-14-16-25(17-15-24)27-21(5)26-18-8-7-9-22-10-12-23(13-11-22)19(2)3/h10-17,19-21H,6-9,18H2,1-5H3. The van der Waals surface area contributed by atoms with Gasteiger partial charge in [-0.05, 0) is 73.3 Å². The largest absolute Gasteiger partial charge is 0.465 e. The molecule has 0 aliphatic carbocycles. The van der Waals surface area contributed by atoms with E-state index >= 15 is 0 Å². The van der Waals surface area contributed by atoms with Gasteiger partial charge in [0.1, 0.15) is 5.75 Å². The Morgan fingerprint density at radius 2 is 1.41 bits per heavy atom. The first-order chi connectivity index (χ1) is 13.0. The highest BCUT2D eigenvalue weighted by molar-refractivity contribution is 5.29. The normalized spacial score (nSPS) is 13.6. The average Bonchev–Trinajstić information content (AvgIpc) is 2.68. The van der Waals surface area contributed by atoms with Crippen molar-refractivity contribution in [1.82, 2.24) is 0 Å². The molecule has 2 rings (SSSR count). The summed E-state index contributed by atoms with van der Waals surface area (Å²) in [5.74, 6) is 2.06. The van der Waals surface area contributed by atoms with E-state index in [1.807, 2.05) is 19.1 Å². The number of hydrogen-bond donors (Lipinski definition) is 0. The molecule has 0 fully saturated rings. The minimum atomic E-state index is -0.218. The maximum absolute atomic E-state index is 5.86. The van der Waals surface area contributed by atoms with Crippen LogP contribution in [0.2, 0.25) is 0 Å². The SMILES string of the molecule is CCC(C)c1ccc(OC(C)OCCCCc2ccc(C(C)C)cc2)cc1. The van der Waals surface area contributed by atoms with Crippen LogP contribution in [-0.2, 0) is 11.2 Å². The molecule has 0 spiro atoms. The number of benzene rings is 2. The van der Waals surface area contributed by atoms with Crippen molar-refractivity contribution >= 4 is 0 Å². The van der Waals surface area contributed by atoms with Crippen molar-refractivity contribution in [2.24, 2.45) is 0 Å². The molecular formula is C25H36O2. The lowest BCUT2D eigenvalue weighted by molar-refractivity contribution is -0.0675. The maximum atomic E-state index is 5.86. The van der Waals surface area contributed by atoms with Gasteiger partial charge in [0.15, 0.2) is 6.29 Å². The monoisotopic (exact) mass is 368 g/mol. The van der Waals surface area contributed by atoms with Crippen molar-refractivity contribution in [2.45, 2.75) is 78.4 Å². The van der Waals surface area contributed by atoms with E-state index in [1.54, 1.807) is 0 Å². The summed E-state index contributed by atoms with van der Waals surface area (Å²) in [5.41, 5.74) is 4.18. The zero-order valence-corrected chi connectivity index (χ0v) is 17.7. The third-order valence-electron chi connectivity index (χ3n) is 5.22. The number of ether oxygens (including phenoxy) is 2. The zero-order chi connectivity index (χ0) is 19.6. The van der Waals surface area contributed by atoms with Gasteiger partial charge in [0.2, 0.25) is 0 Å². The Hall–Kier alpha value is -1.80. The maximum Gasteiger partial charge on any atom is 0.196 e. The highest BCUT2D eigenvalue weighted by atomic mass is 16.7. The van der Waals surface area contributed by atoms with E-state index in [0.717, 1.165) is 38.0 Å². The van der Waals surface area contributed by atoms with E-state index < -0.39 is 0 Å². The molecule has 2 nitrogen and oxygen atoms in total. The van der Waals surface area contributed by atoms with Gasteiger partial charge in [-0.15, -0.1) is 0 Å². The Bertz CT molecular complexity index is 643. The van der Waals surface area contributed by atoms with E-state index in [2.05, 4.69) is 64.1 Å². The number of rotatable bonds is 11. The summed E-state index contributed by atoms with van der Waals surface area (Å²) >= 11 is 0. The second kappa shape index (κ2) is 11.1. The molecule has 27 heavy (non-hydrogen) atoms. The molecule has 0 bridgehead atoms. The van der Waals surface area contributed by atoms with Crippen molar-refractivity contribution in [3.05, 3.63) is 65.2 Å². The third kappa shape index (κ3) is 7.38. The molecule has 148 valence electrons. The van der Waals surface area contributed by atoms with Crippen molar-refractivity contribution in [2.75, 3.05) is 6.61 Å². The van der Waals surface area contributed by atoms with Gasteiger partial charge in [-0.3, -0.25) is 0 Å². The fourth-order valence-electron chi connectivity index (χ4n) is 3.09. The second-order valence-corrected chi connectivity index (χ2v) is 7.79. The van der Waals surface area contributed by atoms with E-state index in [4.69, 9.17) is 9.47 Å². The molecule has 2 unspecified atom stereocenters.